The Kier molecular flexibility index (Phi) is 5.74. The van der Waals surface area contributed by atoms with Crippen molar-refractivity contribution in [1.82, 2.24) is 10.2 Å². The van der Waals surface area contributed by atoms with E-state index in [1.54, 1.807) is 0 Å². The van der Waals surface area contributed by atoms with Crippen LogP contribution in [0.1, 0.15) is 18.0 Å². The SMILES string of the molecule is FC(F)C[C@H](c1ccc(Br)c(Br)c1)N1CCNCC1. The molecule has 1 atom stereocenters. The normalized spacial score (nSPS) is 18.8. The number of nitrogens with zero attached hydrogens (tertiary/aromatic N) is 1. The Morgan fingerprint density at radius 1 is 1.16 bits per heavy atom. The highest BCUT2D eigenvalue weighted by atomic mass is 79.9. The van der Waals surface area contributed by atoms with Crippen LogP contribution in [0, 0.1) is 0 Å². The summed E-state index contributed by atoms with van der Waals surface area (Å²) < 4.78 is 27.5. The molecule has 1 fully saturated rings. The highest BCUT2D eigenvalue weighted by molar-refractivity contribution is 9.13. The van der Waals surface area contributed by atoms with Crippen LogP contribution in [-0.4, -0.2) is 37.5 Å². The van der Waals surface area contributed by atoms with Crippen LogP contribution in [-0.2, 0) is 0 Å². The van der Waals surface area contributed by atoms with Crippen LogP contribution in [0.15, 0.2) is 27.1 Å². The monoisotopic (exact) mass is 396 g/mol. The zero-order chi connectivity index (χ0) is 13.8. The average molecular weight is 398 g/mol. The third-order valence-corrected chi connectivity index (χ3v) is 5.20. The van der Waals surface area contributed by atoms with E-state index >= 15 is 0 Å². The molecule has 0 radical (unpaired) electrons. The Morgan fingerprint density at radius 3 is 2.42 bits per heavy atom. The number of hydrogen-bond donors (Lipinski definition) is 1. The Hall–Kier alpha value is -0.0400. The molecule has 0 bridgehead atoms. The van der Waals surface area contributed by atoms with E-state index in [2.05, 4.69) is 42.1 Å². The smallest absolute Gasteiger partial charge is 0.240 e. The van der Waals surface area contributed by atoms with E-state index in [0.717, 1.165) is 40.7 Å². The molecule has 0 aromatic heterocycles. The molecular weight excluding hydrogens is 382 g/mol. The van der Waals surface area contributed by atoms with Gasteiger partial charge in [-0.1, -0.05) is 6.07 Å². The molecule has 1 aliphatic heterocycles. The average Bonchev–Trinajstić information content (AvgIpc) is 2.40. The van der Waals surface area contributed by atoms with E-state index in [0.29, 0.717) is 0 Å². The Bertz CT molecular complexity index is 423. The van der Waals surface area contributed by atoms with Gasteiger partial charge in [-0.25, -0.2) is 8.78 Å². The molecule has 2 nitrogen and oxygen atoms in total. The molecule has 1 N–H and O–H groups in total. The molecule has 1 aromatic rings. The minimum absolute atomic E-state index is 0.117. The lowest BCUT2D eigenvalue weighted by Crippen LogP contribution is -2.45. The van der Waals surface area contributed by atoms with Gasteiger partial charge in [0.1, 0.15) is 0 Å². The lowest BCUT2D eigenvalue weighted by atomic mass is 10.0. The minimum Gasteiger partial charge on any atom is -0.314 e. The largest absolute Gasteiger partial charge is 0.314 e. The number of alkyl halides is 2. The fourth-order valence-corrected chi connectivity index (χ4v) is 3.02. The van der Waals surface area contributed by atoms with Gasteiger partial charge in [0.25, 0.3) is 0 Å². The molecular formula is C13H16Br2F2N2. The van der Waals surface area contributed by atoms with Crippen molar-refractivity contribution in [3.8, 4) is 0 Å². The number of nitrogens with one attached hydrogen (secondary N) is 1. The van der Waals surface area contributed by atoms with Gasteiger partial charge in [0.2, 0.25) is 6.43 Å². The first kappa shape index (κ1) is 15.4. The Labute approximate surface area is 128 Å². The second kappa shape index (κ2) is 7.11. The van der Waals surface area contributed by atoms with Crippen LogP contribution in [0.25, 0.3) is 0 Å². The third kappa shape index (κ3) is 4.21. The van der Waals surface area contributed by atoms with E-state index in [-0.39, 0.29) is 12.5 Å². The fourth-order valence-electron chi connectivity index (χ4n) is 2.38. The molecule has 2 rings (SSSR count). The van der Waals surface area contributed by atoms with Gasteiger partial charge in [0.05, 0.1) is 0 Å². The quantitative estimate of drug-likeness (QED) is 0.830. The zero-order valence-electron chi connectivity index (χ0n) is 10.4. The maximum absolute atomic E-state index is 12.8. The first-order chi connectivity index (χ1) is 9.08. The van der Waals surface area contributed by atoms with Gasteiger partial charge < -0.3 is 5.32 Å². The summed E-state index contributed by atoms with van der Waals surface area (Å²) in [6.07, 6.45) is -2.41. The van der Waals surface area contributed by atoms with Gasteiger partial charge in [0, 0.05) is 47.6 Å². The summed E-state index contributed by atoms with van der Waals surface area (Å²) in [6.45, 7) is 3.34. The number of halogens is 4. The molecule has 0 saturated carbocycles. The van der Waals surface area contributed by atoms with Gasteiger partial charge in [-0.15, -0.1) is 0 Å². The summed E-state index contributed by atoms with van der Waals surface area (Å²) in [4.78, 5) is 2.14. The number of piperazine rings is 1. The van der Waals surface area contributed by atoms with Gasteiger partial charge in [0.15, 0.2) is 0 Å². The minimum atomic E-state index is -2.29. The Balaban J connectivity index is 2.22. The number of rotatable bonds is 4. The summed E-state index contributed by atoms with van der Waals surface area (Å²) in [5.74, 6) is 0. The van der Waals surface area contributed by atoms with Gasteiger partial charge in [-0.3, -0.25) is 4.90 Å². The number of benzene rings is 1. The van der Waals surface area contributed by atoms with Crippen LogP contribution in [0.3, 0.4) is 0 Å². The Morgan fingerprint density at radius 2 is 1.84 bits per heavy atom. The summed E-state index contributed by atoms with van der Waals surface area (Å²) in [5.41, 5.74) is 0.942. The van der Waals surface area contributed by atoms with E-state index in [4.69, 9.17) is 0 Å². The van der Waals surface area contributed by atoms with E-state index in [1.807, 2.05) is 18.2 Å². The van der Waals surface area contributed by atoms with Crippen molar-refractivity contribution < 1.29 is 8.78 Å². The van der Waals surface area contributed by atoms with Crippen LogP contribution >= 0.6 is 31.9 Å². The maximum Gasteiger partial charge on any atom is 0.240 e. The van der Waals surface area contributed by atoms with Crippen molar-refractivity contribution in [2.45, 2.75) is 18.9 Å². The summed E-state index contributed by atoms with van der Waals surface area (Å²) in [6, 6.07) is 5.54. The van der Waals surface area contributed by atoms with E-state index in [9.17, 15) is 8.78 Å². The first-order valence-corrected chi connectivity index (χ1v) is 7.84. The molecule has 1 aliphatic rings. The molecule has 1 heterocycles. The van der Waals surface area contributed by atoms with Crippen molar-refractivity contribution in [3.05, 3.63) is 32.7 Å². The van der Waals surface area contributed by atoms with Gasteiger partial charge in [-0.2, -0.15) is 0 Å². The van der Waals surface area contributed by atoms with Crippen LogP contribution in [0.2, 0.25) is 0 Å². The predicted octanol–water partition coefficient (Wildman–Crippen LogP) is 3.81. The highest BCUT2D eigenvalue weighted by Crippen LogP contribution is 2.32. The van der Waals surface area contributed by atoms with Crippen LogP contribution in [0.4, 0.5) is 8.78 Å². The van der Waals surface area contributed by atoms with Crippen molar-refractivity contribution in [2.24, 2.45) is 0 Å². The molecule has 0 spiro atoms. The van der Waals surface area contributed by atoms with Crippen LogP contribution < -0.4 is 5.32 Å². The predicted molar refractivity (Wildman–Crippen MR) is 79.6 cm³/mol. The standard InChI is InChI=1S/C13H16Br2F2N2/c14-10-2-1-9(7-11(10)15)12(8-13(16)17)19-5-3-18-4-6-19/h1-2,7,12-13,18H,3-6,8H2/t12-/m1/s1. The molecule has 0 aliphatic carbocycles. The second-order valence-electron chi connectivity index (χ2n) is 4.60. The highest BCUT2D eigenvalue weighted by Gasteiger charge is 2.25. The zero-order valence-corrected chi connectivity index (χ0v) is 13.6. The maximum atomic E-state index is 12.8. The van der Waals surface area contributed by atoms with Crippen molar-refractivity contribution in [1.29, 1.82) is 0 Å². The molecule has 106 valence electrons. The summed E-state index contributed by atoms with van der Waals surface area (Å²) in [5, 5.41) is 3.25. The summed E-state index contributed by atoms with van der Waals surface area (Å²) >= 11 is 6.85. The molecule has 0 unspecified atom stereocenters. The van der Waals surface area contributed by atoms with Gasteiger partial charge >= 0.3 is 0 Å². The molecule has 19 heavy (non-hydrogen) atoms. The molecule has 1 aromatic carbocycles. The topological polar surface area (TPSA) is 15.3 Å². The van der Waals surface area contributed by atoms with Crippen LogP contribution in [0.5, 0.6) is 0 Å². The second-order valence-corrected chi connectivity index (χ2v) is 6.31. The molecule has 0 amide bonds. The van der Waals surface area contributed by atoms with E-state index < -0.39 is 6.43 Å². The van der Waals surface area contributed by atoms with Gasteiger partial charge in [-0.05, 0) is 49.6 Å². The fraction of sp³-hybridized carbons (Fsp3) is 0.538. The third-order valence-electron chi connectivity index (χ3n) is 3.32. The first-order valence-electron chi connectivity index (χ1n) is 6.26. The summed E-state index contributed by atoms with van der Waals surface area (Å²) in [7, 11) is 0. The number of hydrogen-bond acceptors (Lipinski definition) is 2. The van der Waals surface area contributed by atoms with Crippen molar-refractivity contribution >= 4 is 31.9 Å². The lowest BCUT2D eigenvalue weighted by Gasteiger charge is -2.35. The van der Waals surface area contributed by atoms with Crippen molar-refractivity contribution in [2.75, 3.05) is 26.2 Å². The lowest BCUT2D eigenvalue weighted by molar-refractivity contribution is 0.0739. The molecule has 1 saturated heterocycles. The van der Waals surface area contributed by atoms with Crippen molar-refractivity contribution in [3.63, 3.8) is 0 Å². The van der Waals surface area contributed by atoms with E-state index in [1.165, 1.54) is 0 Å². The molecule has 6 heteroatoms.